The molecule has 0 bridgehead atoms. The minimum absolute atomic E-state index is 0.615. The first-order valence-electron chi connectivity index (χ1n) is 3.12. The van der Waals surface area contributed by atoms with Crippen molar-refractivity contribution in [3.63, 3.8) is 0 Å². The van der Waals surface area contributed by atoms with Crippen molar-refractivity contribution in [1.29, 1.82) is 0 Å². The first-order chi connectivity index (χ1) is 4.91. The van der Waals surface area contributed by atoms with E-state index in [1.807, 2.05) is 0 Å². The molecule has 4 nitrogen and oxygen atoms in total. The lowest BCUT2D eigenvalue weighted by Gasteiger charge is -1.96. The molecular weight excluding hydrogens is 132 g/mol. The van der Waals surface area contributed by atoms with E-state index in [-0.39, 0.29) is 0 Å². The van der Waals surface area contributed by atoms with Gasteiger partial charge in [-0.2, -0.15) is 0 Å². The highest BCUT2D eigenvalue weighted by molar-refractivity contribution is 5.47. The number of unbranched alkanes of at least 4 members (excludes halogenated alkanes) is 1. The molecule has 10 heavy (non-hydrogen) atoms. The predicted octanol–water partition coefficient (Wildman–Crippen LogP) is -0.920. The second-order valence-corrected chi connectivity index (χ2v) is 1.76. The number of hydrogen-bond donors (Lipinski definition) is 2. The SMILES string of the molecule is O=[C]NCCCCN[C]=O. The van der Waals surface area contributed by atoms with E-state index in [1.165, 1.54) is 0 Å². The third-order valence-electron chi connectivity index (χ3n) is 0.998. The van der Waals surface area contributed by atoms with Crippen LogP contribution in [0.3, 0.4) is 0 Å². The van der Waals surface area contributed by atoms with E-state index in [0.717, 1.165) is 12.8 Å². The van der Waals surface area contributed by atoms with E-state index in [4.69, 9.17) is 0 Å². The summed E-state index contributed by atoms with van der Waals surface area (Å²) in [5.41, 5.74) is 0. The predicted molar refractivity (Wildman–Crippen MR) is 36.6 cm³/mol. The summed E-state index contributed by atoms with van der Waals surface area (Å²) in [6, 6.07) is 0. The zero-order valence-corrected chi connectivity index (χ0v) is 5.64. The molecule has 0 fully saturated rings. The second-order valence-electron chi connectivity index (χ2n) is 1.76. The minimum Gasteiger partial charge on any atom is -0.348 e. The van der Waals surface area contributed by atoms with Gasteiger partial charge in [-0.25, -0.2) is 0 Å². The summed E-state index contributed by atoms with van der Waals surface area (Å²) in [5.74, 6) is 0. The van der Waals surface area contributed by atoms with Crippen LogP contribution < -0.4 is 10.6 Å². The van der Waals surface area contributed by atoms with Crippen LogP contribution in [0.4, 0.5) is 0 Å². The number of amides is 2. The fourth-order valence-electron chi connectivity index (χ4n) is 0.529. The van der Waals surface area contributed by atoms with Gasteiger partial charge in [0.05, 0.1) is 0 Å². The van der Waals surface area contributed by atoms with Crippen LogP contribution in [0.5, 0.6) is 0 Å². The van der Waals surface area contributed by atoms with Crippen LogP contribution >= 0.6 is 0 Å². The molecule has 0 aromatic heterocycles. The van der Waals surface area contributed by atoms with Crippen LogP contribution in [0.25, 0.3) is 0 Å². The van der Waals surface area contributed by atoms with Crippen molar-refractivity contribution in [2.45, 2.75) is 12.8 Å². The quantitative estimate of drug-likeness (QED) is 0.357. The molecule has 2 radical (unpaired) electrons. The average molecular weight is 142 g/mol. The van der Waals surface area contributed by atoms with E-state index < -0.39 is 0 Å². The molecule has 0 unspecified atom stereocenters. The van der Waals surface area contributed by atoms with Gasteiger partial charge < -0.3 is 10.6 Å². The van der Waals surface area contributed by atoms with Gasteiger partial charge in [-0.3, -0.25) is 9.59 Å². The Morgan fingerprint density at radius 3 is 1.60 bits per heavy atom. The highest BCUT2D eigenvalue weighted by Crippen LogP contribution is 1.81. The van der Waals surface area contributed by atoms with E-state index in [1.54, 1.807) is 12.8 Å². The normalized spacial score (nSPS) is 8.40. The minimum atomic E-state index is 0.615. The van der Waals surface area contributed by atoms with Crippen molar-refractivity contribution in [3.8, 4) is 0 Å². The monoisotopic (exact) mass is 142 g/mol. The van der Waals surface area contributed by atoms with Crippen LogP contribution in [0.15, 0.2) is 0 Å². The molecule has 0 saturated carbocycles. The summed E-state index contributed by atoms with van der Waals surface area (Å²) >= 11 is 0. The standard InChI is InChI=1S/C6H10N2O2/c9-5-7-3-1-2-4-8-6-10/h1-4H2,(H,7,9)(H,8,10). The smallest absolute Gasteiger partial charge is 0.309 e. The maximum absolute atomic E-state index is 9.58. The van der Waals surface area contributed by atoms with E-state index in [0.29, 0.717) is 13.1 Å². The zero-order valence-electron chi connectivity index (χ0n) is 5.64. The lowest BCUT2D eigenvalue weighted by Crippen LogP contribution is -2.16. The third-order valence-corrected chi connectivity index (χ3v) is 0.998. The fourth-order valence-corrected chi connectivity index (χ4v) is 0.529. The number of hydrogen-bond acceptors (Lipinski definition) is 2. The summed E-state index contributed by atoms with van der Waals surface area (Å²) in [4.78, 5) is 19.2. The van der Waals surface area contributed by atoms with Gasteiger partial charge in [-0.1, -0.05) is 0 Å². The molecule has 0 aromatic rings. The van der Waals surface area contributed by atoms with Crippen molar-refractivity contribution in [2.75, 3.05) is 13.1 Å². The molecule has 4 heteroatoms. The molecule has 0 aliphatic heterocycles. The van der Waals surface area contributed by atoms with Crippen molar-refractivity contribution < 1.29 is 9.59 Å². The highest BCUT2D eigenvalue weighted by atomic mass is 16.1. The molecule has 0 rings (SSSR count). The van der Waals surface area contributed by atoms with Crippen molar-refractivity contribution >= 4 is 12.8 Å². The Hall–Kier alpha value is -1.06. The Bertz CT molecular complexity index is 83.7. The van der Waals surface area contributed by atoms with Crippen LogP contribution in [-0.2, 0) is 9.59 Å². The molecule has 0 atom stereocenters. The molecular formula is C6H10N2O2. The van der Waals surface area contributed by atoms with Crippen LogP contribution in [0.2, 0.25) is 0 Å². The molecule has 0 heterocycles. The Morgan fingerprint density at radius 1 is 0.900 bits per heavy atom. The number of nitrogens with one attached hydrogen (secondary N) is 2. The van der Waals surface area contributed by atoms with E-state index in [2.05, 4.69) is 10.6 Å². The fraction of sp³-hybridized carbons (Fsp3) is 0.667. The number of rotatable bonds is 7. The Kier molecular flexibility index (Phi) is 7.10. The third kappa shape index (κ3) is 6.94. The average Bonchev–Trinajstić information content (AvgIpc) is 1.97. The lowest BCUT2D eigenvalue weighted by molar-refractivity contribution is 0.531. The largest absolute Gasteiger partial charge is 0.348 e. The van der Waals surface area contributed by atoms with Gasteiger partial charge in [-0.05, 0) is 12.8 Å². The summed E-state index contributed by atoms with van der Waals surface area (Å²) < 4.78 is 0. The summed E-state index contributed by atoms with van der Waals surface area (Å²) in [6.07, 6.45) is 4.82. The Balaban J connectivity index is 2.76. The molecule has 0 aliphatic carbocycles. The summed E-state index contributed by atoms with van der Waals surface area (Å²) in [6.45, 7) is 1.23. The van der Waals surface area contributed by atoms with Gasteiger partial charge in [0.2, 0.25) is 0 Å². The van der Waals surface area contributed by atoms with Gasteiger partial charge in [0.25, 0.3) is 0 Å². The first-order valence-corrected chi connectivity index (χ1v) is 3.12. The summed E-state index contributed by atoms with van der Waals surface area (Å²) in [5, 5.41) is 4.79. The molecule has 2 N–H and O–H groups in total. The topological polar surface area (TPSA) is 58.2 Å². The van der Waals surface area contributed by atoms with Crippen LogP contribution in [-0.4, -0.2) is 25.9 Å². The molecule has 2 amide bonds. The van der Waals surface area contributed by atoms with Gasteiger partial charge in [-0.15, -0.1) is 0 Å². The molecule has 0 spiro atoms. The molecule has 0 aromatic carbocycles. The van der Waals surface area contributed by atoms with Crippen LogP contribution in [0.1, 0.15) is 12.8 Å². The van der Waals surface area contributed by atoms with Gasteiger partial charge >= 0.3 is 12.8 Å². The Morgan fingerprint density at radius 2 is 1.30 bits per heavy atom. The molecule has 0 aliphatic rings. The zero-order chi connectivity index (χ0) is 7.66. The van der Waals surface area contributed by atoms with Crippen molar-refractivity contribution in [1.82, 2.24) is 10.6 Å². The van der Waals surface area contributed by atoms with Gasteiger partial charge in [0.1, 0.15) is 0 Å². The molecule has 56 valence electrons. The van der Waals surface area contributed by atoms with Crippen molar-refractivity contribution in [2.24, 2.45) is 0 Å². The first kappa shape index (κ1) is 8.94. The summed E-state index contributed by atoms with van der Waals surface area (Å²) in [7, 11) is 0. The number of carbonyl (C=O) groups excluding carboxylic acids is 2. The van der Waals surface area contributed by atoms with Gasteiger partial charge in [0.15, 0.2) is 0 Å². The second kappa shape index (κ2) is 7.94. The van der Waals surface area contributed by atoms with E-state index in [9.17, 15) is 9.59 Å². The lowest BCUT2D eigenvalue weighted by atomic mass is 10.3. The molecule has 0 saturated heterocycles. The maximum Gasteiger partial charge on any atom is 0.309 e. The maximum atomic E-state index is 9.58. The Labute approximate surface area is 60.0 Å². The highest BCUT2D eigenvalue weighted by Gasteiger charge is 1.85. The van der Waals surface area contributed by atoms with Crippen molar-refractivity contribution in [3.05, 3.63) is 0 Å². The van der Waals surface area contributed by atoms with Crippen LogP contribution in [0, 0.1) is 0 Å². The van der Waals surface area contributed by atoms with E-state index >= 15 is 0 Å². The van der Waals surface area contributed by atoms with Gasteiger partial charge in [0, 0.05) is 13.1 Å².